The monoisotopic (exact) mass is 484 g/mol. The lowest BCUT2D eigenvalue weighted by Crippen LogP contribution is -2.60. The summed E-state index contributed by atoms with van der Waals surface area (Å²) < 4.78 is 21.7. The minimum absolute atomic E-state index is 0.0219. The SMILES string of the molecule is CC(C)(C=Cn1ncc(C(=O)NC2C3CC4CC2CC(COC(N)=O)(C4)C3)c1-n1cccn1)CF. The van der Waals surface area contributed by atoms with Crippen LogP contribution in [-0.2, 0) is 4.74 Å². The second kappa shape index (κ2) is 8.80. The van der Waals surface area contributed by atoms with Crippen LogP contribution in [0.15, 0.2) is 30.7 Å². The van der Waals surface area contributed by atoms with Gasteiger partial charge in [-0.05, 0) is 55.9 Å². The van der Waals surface area contributed by atoms with E-state index in [-0.39, 0.29) is 17.4 Å². The van der Waals surface area contributed by atoms with Gasteiger partial charge >= 0.3 is 6.09 Å². The highest BCUT2D eigenvalue weighted by atomic mass is 19.1. The normalized spacial score (nSPS) is 29.6. The Hall–Kier alpha value is -3.17. The predicted octanol–water partition coefficient (Wildman–Crippen LogP) is 3.56. The number of carbonyl (C=O) groups is 2. The van der Waals surface area contributed by atoms with Gasteiger partial charge in [0, 0.05) is 35.5 Å². The Morgan fingerprint density at radius 2 is 2.03 bits per heavy atom. The van der Waals surface area contributed by atoms with Crippen LogP contribution in [0.25, 0.3) is 12.0 Å². The molecule has 0 aromatic carbocycles. The Balaban J connectivity index is 1.37. The fraction of sp³-hybridized carbons (Fsp3) is 0.600. The minimum Gasteiger partial charge on any atom is -0.449 e. The first-order valence-electron chi connectivity index (χ1n) is 12.2. The average Bonchev–Trinajstić information content (AvgIpc) is 3.48. The van der Waals surface area contributed by atoms with Crippen molar-refractivity contribution in [3.8, 4) is 5.82 Å². The van der Waals surface area contributed by atoms with Gasteiger partial charge < -0.3 is 15.8 Å². The van der Waals surface area contributed by atoms with Gasteiger partial charge in [0.05, 0.1) is 19.5 Å². The lowest BCUT2D eigenvalue weighted by Gasteiger charge is -2.59. The maximum atomic E-state index is 13.5. The Bertz CT molecular complexity index is 1110. The molecule has 2 unspecified atom stereocenters. The standard InChI is InChI=1S/C25H33FN6O3/c1-24(2,14-26)4-7-32-22(31-6-3-5-28-31)19(13-29-32)21(33)30-20-17-8-16-9-18(20)12-25(10-16,11-17)15-35-23(27)34/h3-7,13,16-18,20H,8-12,14-15H2,1-2H3,(H2,27,34)(H,30,33). The highest BCUT2D eigenvalue weighted by Gasteiger charge is 2.56. The van der Waals surface area contributed by atoms with Crippen LogP contribution in [0, 0.1) is 28.6 Å². The number of carbonyl (C=O) groups excluding carboxylic acids is 2. The number of hydrogen-bond acceptors (Lipinski definition) is 5. The van der Waals surface area contributed by atoms with E-state index in [1.54, 1.807) is 53.9 Å². The van der Waals surface area contributed by atoms with E-state index in [1.165, 1.54) is 6.20 Å². The summed E-state index contributed by atoms with van der Waals surface area (Å²) in [5, 5.41) is 12.0. The summed E-state index contributed by atoms with van der Waals surface area (Å²) in [6.07, 6.45) is 12.7. The van der Waals surface area contributed by atoms with Gasteiger partial charge in [0.1, 0.15) is 5.56 Å². The Morgan fingerprint density at radius 1 is 1.29 bits per heavy atom. The zero-order chi connectivity index (χ0) is 24.8. The van der Waals surface area contributed by atoms with Crippen molar-refractivity contribution < 1.29 is 18.7 Å². The molecule has 4 aliphatic rings. The first-order chi connectivity index (χ1) is 16.7. The molecule has 4 aliphatic carbocycles. The molecule has 9 nitrogen and oxygen atoms in total. The van der Waals surface area contributed by atoms with Crippen LogP contribution in [-0.4, -0.2) is 50.9 Å². The smallest absolute Gasteiger partial charge is 0.404 e. The topological polar surface area (TPSA) is 117 Å². The molecule has 4 fully saturated rings. The van der Waals surface area contributed by atoms with Crippen LogP contribution in [0.1, 0.15) is 56.3 Å². The number of rotatable bonds is 8. The van der Waals surface area contributed by atoms with Gasteiger partial charge in [-0.25, -0.2) is 14.2 Å². The van der Waals surface area contributed by atoms with E-state index in [0.29, 0.717) is 35.7 Å². The second-order valence-corrected chi connectivity index (χ2v) is 11.3. The van der Waals surface area contributed by atoms with Crippen LogP contribution >= 0.6 is 0 Å². The molecular weight excluding hydrogens is 451 g/mol. The van der Waals surface area contributed by atoms with Gasteiger partial charge in [0.2, 0.25) is 0 Å². The number of alkyl halides is 1. The Morgan fingerprint density at radius 3 is 2.66 bits per heavy atom. The molecular formula is C25H33FN6O3. The largest absolute Gasteiger partial charge is 0.449 e. The third-order valence-electron chi connectivity index (χ3n) is 7.96. The van der Waals surface area contributed by atoms with Crippen molar-refractivity contribution in [2.45, 2.75) is 52.0 Å². The zero-order valence-corrected chi connectivity index (χ0v) is 20.2. The molecule has 2 atom stereocenters. The number of aromatic nitrogens is 4. The summed E-state index contributed by atoms with van der Waals surface area (Å²) in [5.41, 5.74) is 4.98. The number of amides is 2. The maximum Gasteiger partial charge on any atom is 0.404 e. The van der Waals surface area contributed by atoms with Crippen molar-refractivity contribution in [3.05, 3.63) is 36.3 Å². The summed E-state index contributed by atoms with van der Waals surface area (Å²) in [6, 6.07) is 1.84. The molecule has 2 aromatic rings. The van der Waals surface area contributed by atoms with E-state index in [0.717, 1.165) is 32.1 Å². The first kappa shape index (κ1) is 23.6. The number of nitrogens with zero attached hydrogens (tertiary/aromatic N) is 4. The molecule has 6 rings (SSSR count). The molecule has 10 heteroatoms. The van der Waals surface area contributed by atoms with Gasteiger partial charge in [-0.2, -0.15) is 10.2 Å². The Labute approximate surface area is 203 Å². The molecule has 3 N–H and O–H groups in total. The maximum absolute atomic E-state index is 13.5. The second-order valence-electron chi connectivity index (χ2n) is 11.3. The quantitative estimate of drug-likeness (QED) is 0.594. The molecule has 0 saturated heterocycles. The number of nitrogens with one attached hydrogen (secondary N) is 1. The molecule has 0 radical (unpaired) electrons. The fourth-order valence-electron chi connectivity index (χ4n) is 6.62. The zero-order valence-electron chi connectivity index (χ0n) is 20.2. The summed E-state index contributed by atoms with van der Waals surface area (Å²) in [7, 11) is 0. The first-order valence-corrected chi connectivity index (χ1v) is 12.2. The van der Waals surface area contributed by atoms with E-state index >= 15 is 0 Å². The summed E-state index contributed by atoms with van der Waals surface area (Å²) in [6.45, 7) is 3.45. The summed E-state index contributed by atoms with van der Waals surface area (Å²) >= 11 is 0. The van der Waals surface area contributed by atoms with Crippen molar-refractivity contribution in [1.82, 2.24) is 24.9 Å². The molecule has 35 heavy (non-hydrogen) atoms. The molecule has 2 amide bonds. The molecule has 0 aliphatic heterocycles. The molecule has 2 aromatic heterocycles. The molecule has 188 valence electrons. The summed E-state index contributed by atoms with van der Waals surface area (Å²) in [5.74, 6) is 1.60. The van der Waals surface area contributed by atoms with E-state index in [2.05, 4.69) is 15.5 Å². The number of nitrogens with two attached hydrogens (primary N) is 1. The highest BCUT2D eigenvalue weighted by molar-refractivity contribution is 5.97. The van der Waals surface area contributed by atoms with Crippen molar-refractivity contribution in [2.75, 3.05) is 13.3 Å². The van der Waals surface area contributed by atoms with Gasteiger partial charge in [-0.1, -0.05) is 19.9 Å². The third-order valence-corrected chi connectivity index (χ3v) is 7.96. The van der Waals surface area contributed by atoms with Gasteiger partial charge in [0.15, 0.2) is 5.82 Å². The van der Waals surface area contributed by atoms with E-state index in [4.69, 9.17) is 10.5 Å². The number of allylic oxidation sites excluding steroid dienone is 1. The highest BCUT2D eigenvalue weighted by Crippen LogP contribution is 2.60. The van der Waals surface area contributed by atoms with Gasteiger partial charge in [-0.15, -0.1) is 0 Å². The summed E-state index contributed by atoms with van der Waals surface area (Å²) in [4.78, 5) is 24.8. The fourth-order valence-corrected chi connectivity index (χ4v) is 6.62. The lowest BCUT2D eigenvalue weighted by atomic mass is 9.48. The molecule has 4 saturated carbocycles. The van der Waals surface area contributed by atoms with Crippen LogP contribution in [0.2, 0.25) is 0 Å². The molecule has 0 spiro atoms. The lowest BCUT2D eigenvalue weighted by molar-refractivity contribution is -0.0977. The third kappa shape index (κ3) is 4.58. The molecule has 2 heterocycles. The van der Waals surface area contributed by atoms with Crippen LogP contribution in [0.4, 0.5) is 9.18 Å². The minimum atomic E-state index is -0.724. The van der Waals surface area contributed by atoms with E-state index < -0.39 is 18.2 Å². The Kier molecular flexibility index (Phi) is 5.93. The average molecular weight is 485 g/mol. The number of ether oxygens (including phenoxy) is 1. The van der Waals surface area contributed by atoms with Crippen LogP contribution in [0.3, 0.4) is 0 Å². The van der Waals surface area contributed by atoms with Gasteiger partial charge in [0.25, 0.3) is 5.91 Å². The number of halogens is 1. The van der Waals surface area contributed by atoms with Crippen molar-refractivity contribution in [2.24, 2.45) is 34.3 Å². The van der Waals surface area contributed by atoms with Crippen molar-refractivity contribution >= 4 is 18.2 Å². The van der Waals surface area contributed by atoms with Crippen LogP contribution < -0.4 is 11.1 Å². The number of hydrogen-bond donors (Lipinski definition) is 2. The van der Waals surface area contributed by atoms with Gasteiger partial charge in [-0.3, -0.25) is 9.18 Å². The number of primary amides is 1. The molecule has 4 bridgehead atoms. The van der Waals surface area contributed by atoms with E-state index in [1.807, 2.05) is 0 Å². The van der Waals surface area contributed by atoms with Crippen molar-refractivity contribution in [3.63, 3.8) is 0 Å². The predicted molar refractivity (Wildman–Crippen MR) is 127 cm³/mol. The van der Waals surface area contributed by atoms with E-state index in [9.17, 15) is 14.0 Å². The van der Waals surface area contributed by atoms with Crippen molar-refractivity contribution in [1.29, 1.82) is 0 Å². The van der Waals surface area contributed by atoms with Crippen LogP contribution in [0.5, 0.6) is 0 Å².